The van der Waals surface area contributed by atoms with Gasteiger partial charge in [-0.3, -0.25) is 0 Å². The molecule has 0 unspecified atom stereocenters. The largest absolute Gasteiger partial charge is 0.421 e. The molecule has 0 saturated heterocycles. The molecule has 0 aliphatic rings. The van der Waals surface area contributed by atoms with Crippen molar-refractivity contribution in [1.29, 1.82) is 0 Å². The normalized spacial score (nSPS) is 12.2. The second kappa shape index (κ2) is 18.4. The van der Waals surface area contributed by atoms with Gasteiger partial charge in [0, 0.05) is 62.0 Å². The van der Waals surface area contributed by atoms with Crippen molar-refractivity contribution < 1.29 is 4.57 Å². The van der Waals surface area contributed by atoms with Crippen LogP contribution in [0.15, 0.2) is 98.7 Å². The van der Waals surface area contributed by atoms with Crippen LogP contribution in [-0.4, -0.2) is 54.7 Å². The molecule has 0 fully saturated rings. The van der Waals surface area contributed by atoms with Gasteiger partial charge >= 0.3 is 5.95 Å². The minimum atomic E-state index is 0.624. The van der Waals surface area contributed by atoms with Crippen LogP contribution in [0.25, 0.3) is 0 Å². The Morgan fingerprint density at radius 1 is 0.773 bits per heavy atom. The lowest BCUT2D eigenvalue weighted by Gasteiger charge is -2.27. The van der Waals surface area contributed by atoms with E-state index in [1.54, 1.807) is 0 Å². The van der Waals surface area contributed by atoms with Crippen molar-refractivity contribution in [3.05, 3.63) is 73.2 Å². The Hall–Kier alpha value is -4.34. The number of nitrogens with zero attached hydrogens (tertiary/aromatic N) is 10. The molecule has 0 saturated carbocycles. The number of hydrogen-bond donors (Lipinski definition) is 0. The predicted octanol–water partition coefficient (Wildman–Crippen LogP) is 8.29. The predicted molar refractivity (Wildman–Crippen MR) is 183 cm³/mol. The molecule has 1 aromatic heterocycles. The fourth-order valence-electron chi connectivity index (χ4n) is 4.94. The first-order chi connectivity index (χ1) is 21.5. The Kier molecular flexibility index (Phi) is 14.2. The quantitative estimate of drug-likeness (QED) is 0.0719. The van der Waals surface area contributed by atoms with Gasteiger partial charge in [-0.05, 0) is 103 Å². The summed E-state index contributed by atoms with van der Waals surface area (Å²) in [6, 6.07) is 16.7. The summed E-state index contributed by atoms with van der Waals surface area (Å²) in [5.74, 6) is 1.49. The molecule has 0 bridgehead atoms. The lowest BCUT2D eigenvalue weighted by atomic mass is 10.2. The molecule has 0 aliphatic carbocycles. The number of aliphatic imine (C=N–C) groups is 1. The molecule has 2 aromatic carbocycles. The number of allylic oxidation sites excluding steroid dienone is 1. The first-order valence-electron chi connectivity index (χ1n) is 16.1. The molecule has 1 heterocycles. The van der Waals surface area contributed by atoms with E-state index in [2.05, 4.69) is 103 Å². The maximum absolute atomic E-state index is 4.54. The molecule has 44 heavy (non-hydrogen) atoms. The first-order valence-corrected chi connectivity index (χ1v) is 16.1. The number of imidazole rings is 1. The number of hydrogen-bond acceptors (Lipinski definition) is 6. The number of rotatable bonds is 16. The van der Waals surface area contributed by atoms with E-state index in [1.807, 2.05) is 67.7 Å². The molecule has 0 spiro atoms. The summed E-state index contributed by atoms with van der Waals surface area (Å²) in [4.78, 5) is 11.3. The lowest BCUT2D eigenvalue weighted by molar-refractivity contribution is -0.680. The minimum Gasteiger partial charge on any atom is -0.372 e. The number of benzene rings is 2. The molecule has 3 rings (SSSR count). The van der Waals surface area contributed by atoms with Gasteiger partial charge in [0.1, 0.15) is 5.69 Å². The van der Waals surface area contributed by atoms with Crippen molar-refractivity contribution in [2.45, 2.75) is 68.0 Å². The van der Waals surface area contributed by atoms with Gasteiger partial charge in [-0.2, -0.15) is 0 Å². The van der Waals surface area contributed by atoms with Crippen LogP contribution in [0.2, 0.25) is 0 Å². The highest BCUT2D eigenvalue weighted by molar-refractivity contribution is 5.81. The molecule has 0 N–H and O–H groups in total. The number of aromatic nitrogens is 2. The maximum atomic E-state index is 4.54. The molecular formula is C34H51N10+. The van der Waals surface area contributed by atoms with Crippen molar-refractivity contribution >= 4 is 34.7 Å². The Morgan fingerprint density at radius 2 is 1.36 bits per heavy atom. The van der Waals surface area contributed by atoms with Crippen LogP contribution >= 0.6 is 0 Å². The van der Waals surface area contributed by atoms with Crippen molar-refractivity contribution in [2.75, 3.05) is 49.1 Å². The van der Waals surface area contributed by atoms with Crippen molar-refractivity contribution in [3.8, 4) is 0 Å². The van der Waals surface area contributed by atoms with E-state index in [-0.39, 0.29) is 0 Å². The SMILES string of the molecule is C/C=C\N(CC)/C(N=Nc1ccc(N(CC)CCCN(CC)c2ccc(N=Nc3n(CC)cc[n+]3CC)cc2)cc1)=N/CC. The molecule has 0 amide bonds. The minimum absolute atomic E-state index is 0.624. The van der Waals surface area contributed by atoms with Crippen LogP contribution in [0.4, 0.5) is 28.7 Å². The van der Waals surface area contributed by atoms with E-state index >= 15 is 0 Å². The van der Waals surface area contributed by atoms with Gasteiger partial charge in [-0.1, -0.05) is 11.2 Å². The molecule has 236 valence electrons. The molecule has 3 aromatic rings. The zero-order valence-electron chi connectivity index (χ0n) is 27.8. The topological polar surface area (TPSA) is 80.3 Å². The van der Waals surface area contributed by atoms with E-state index in [1.165, 1.54) is 11.4 Å². The van der Waals surface area contributed by atoms with Crippen molar-refractivity contribution in [3.63, 3.8) is 0 Å². The summed E-state index contributed by atoms with van der Waals surface area (Å²) < 4.78 is 4.20. The molecule has 10 nitrogen and oxygen atoms in total. The second-order valence-electron chi connectivity index (χ2n) is 10.2. The smallest absolute Gasteiger partial charge is 0.372 e. The summed E-state index contributed by atoms with van der Waals surface area (Å²) in [5.41, 5.74) is 4.06. The zero-order chi connectivity index (χ0) is 31.7. The van der Waals surface area contributed by atoms with Crippen molar-refractivity contribution in [1.82, 2.24) is 9.47 Å². The van der Waals surface area contributed by atoms with Gasteiger partial charge in [-0.25, -0.2) is 14.1 Å². The van der Waals surface area contributed by atoms with Crippen LogP contribution in [0.5, 0.6) is 0 Å². The summed E-state index contributed by atoms with van der Waals surface area (Å²) >= 11 is 0. The number of aryl methyl sites for hydroxylation is 2. The maximum Gasteiger partial charge on any atom is 0.421 e. The zero-order valence-corrected chi connectivity index (χ0v) is 27.8. The summed E-state index contributed by atoms with van der Waals surface area (Å²) in [5, 5.41) is 17.9. The number of anilines is 2. The Morgan fingerprint density at radius 3 is 1.84 bits per heavy atom. The molecule has 0 atom stereocenters. The van der Waals surface area contributed by atoms with Crippen LogP contribution < -0.4 is 14.4 Å². The Balaban J connectivity index is 1.58. The van der Waals surface area contributed by atoms with Crippen LogP contribution in [0.1, 0.15) is 54.9 Å². The van der Waals surface area contributed by atoms with E-state index in [0.29, 0.717) is 12.5 Å². The monoisotopic (exact) mass is 599 g/mol. The van der Waals surface area contributed by atoms with Crippen LogP contribution in [0.3, 0.4) is 0 Å². The van der Waals surface area contributed by atoms with Gasteiger partial charge in [0.15, 0.2) is 0 Å². The van der Waals surface area contributed by atoms with Crippen molar-refractivity contribution in [2.24, 2.45) is 25.4 Å². The summed E-state index contributed by atoms with van der Waals surface area (Å²) in [7, 11) is 0. The number of guanidine groups is 1. The van der Waals surface area contributed by atoms with Crippen LogP contribution in [0, 0.1) is 0 Å². The summed E-state index contributed by atoms with van der Waals surface area (Å²) in [6.45, 7) is 21.7. The van der Waals surface area contributed by atoms with E-state index < -0.39 is 0 Å². The lowest BCUT2D eigenvalue weighted by Crippen LogP contribution is -2.30. The summed E-state index contributed by atoms with van der Waals surface area (Å²) in [6.07, 6.45) is 9.11. The van der Waals surface area contributed by atoms with Crippen LogP contribution in [-0.2, 0) is 13.1 Å². The first kappa shape index (κ1) is 34.2. The highest BCUT2D eigenvalue weighted by atomic mass is 15.3. The third kappa shape index (κ3) is 9.59. The van der Waals surface area contributed by atoms with Gasteiger partial charge in [0.05, 0.1) is 31.2 Å². The van der Waals surface area contributed by atoms with Gasteiger partial charge in [-0.15, -0.1) is 10.2 Å². The molecule has 0 radical (unpaired) electrons. The third-order valence-corrected chi connectivity index (χ3v) is 7.41. The highest BCUT2D eigenvalue weighted by Gasteiger charge is 2.15. The Bertz CT molecular complexity index is 1350. The molecular weight excluding hydrogens is 548 g/mol. The third-order valence-electron chi connectivity index (χ3n) is 7.41. The van der Waals surface area contributed by atoms with Gasteiger partial charge < -0.3 is 14.7 Å². The van der Waals surface area contributed by atoms with Gasteiger partial charge in [0.2, 0.25) is 5.96 Å². The Labute approximate surface area is 264 Å². The van der Waals surface area contributed by atoms with E-state index in [9.17, 15) is 0 Å². The van der Waals surface area contributed by atoms with E-state index in [4.69, 9.17) is 0 Å². The van der Waals surface area contributed by atoms with Gasteiger partial charge in [0.25, 0.3) is 0 Å². The second-order valence-corrected chi connectivity index (χ2v) is 10.2. The average Bonchev–Trinajstić information content (AvgIpc) is 3.47. The number of azo groups is 2. The molecule has 10 heteroatoms. The molecule has 0 aliphatic heterocycles. The fraction of sp³-hybridized carbons (Fsp3) is 0.471. The standard InChI is InChI=1S/C34H51N10/c1-8-24-42(12-5)33(35-9-2)38-36-29-16-20-31(21-17-29)40(10-3)25-15-26-41(11-4)32-22-18-30(19-23-32)37-39-34-43(13-6)27-28-44(34)14-7/h8,16-24,27-28H,9-15,25-26H2,1-7H3/q+1/b24-8-,35-33+,38-36?. The highest BCUT2D eigenvalue weighted by Crippen LogP contribution is 2.23. The average molecular weight is 600 g/mol. The van der Waals surface area contributed by atoms with E-state index in [0.717, 1.165) is 69.6 Å². The fourth-order valence-corrected chi connectivity index (χ4v) is 4.94.